The number of rotatable bonds is 12. The highest BCUT2D eigenvalue weighted by molar-refractivity contribution is 7.22. The van der Waals surface area contributed by atoms with Crippen LogP contribution in [-0.4, -0.2) is 40.6 Å². The van der Waals surface area contributed by atoms with Gasteiger partial charge in [-0.1, -0.05) is 12.1 Å². The van der Waals surface area contributed by atoms with Gasteiger partial charge in [-0.25, -0.2) is 8.78 Å². The van der Waals surface area contributed by atoms with Gasteiger partial charge in [0.1, 0.15) is 11.6 Å². The van der Waals surface area contributed by atoms with Crippen molar-refractivity contribution in [2.24, 2.45) is 0 Å². The summed E-state index contributed by atoms with van der Waals surface area (Å²) in [4.78, 5) is 36.7. The molecule has 0 saturated heterocycles. The number of hydrogen-bond acceptors (Lipinski definition) is 8. The molecule has 0 bridgehead atoms. The quantitative estimate of drug-likeness (QED) is 0.103. The maximum atomic E-state index is 15.4. The molecular formula is C37H33ClF2N4O4S. The Morgan fingerprint density at radius 3 is 2.43 bits per heavy atom. The van der Waals surface area contributed by atoms with Crippen molar-refractivity contribution in [3.05, 3.63) is 135 Å². The summed E-state index contributed by atoms with van der Waals surface area (Å²) in [7, 11) is 1.67. The molecule has 0 radical (unpaired) electrons. The van der Waals surface area contributed by atoms with Gasteiger partial charge in [0, 0.05) is 56.5 Å². The van der Waals surface area contributed by atoms with Gasteiger partial charge in [-0.05, 0) is 85.1 Å². The van der Waals surface area contributed by atoms with Crippen molar-refractivity contribution in [1.82, 2.24) is 19.9 Å². The number of thiophene rings is 1. The number of carbonyl (C=O) groups is 1. The second-order valence-electron chi connectivity index (χ2n) is 11.3. The Morgan fingerprint density at radius 1 is 0.939 bits per heavy atom. The highest BCUT2D eigenvalue weighted by Crippen LogP contribution is 2.39. The number of aryl methyl sites for hydroxylation is 1. The summed E-state index contributed by atoms with van der Waals surface area (Å²) in [5.41, 5.74) is 4.17. The monoisotopic (exact) mass is 702 g/mol. The zero-order valence-corrected chi connectivity index (χ0v) is 28.6. The second-order valence-corrected chi connectivity index (χ2v) is 12.3. The number of hydrogen-bond donors (Lipinski definition) is 1. The molecule has 0 fully saturated rings. The van der Waals surface area contributed by atoms with Crippen molar-refractivity contribution in [3.8, 4) is 27.8 Å². The summed E-state index contributed by atoms with van der Waals surface area (Å²) in [6, 6.07) is 18.9. The predicted molar refractivity (Wildman–Crippen MR) is 190 cm³/mol. The Kier molecular flexibility index (Phi) is 11.3. The largest absolute Gasteiger partial charge is 0.453 e. The van der Waals surface area contributed by atoms with Crippen LogP contribution in [0.5, 0.6) is 11.5 Å². The van der Waals surface area contributed by atoms with Crippen LogP contribution in [0.3, 0.4) is 0 Å². The number of nitrogens with one attached hydrogen (secondary N) is 1. The second kappa shape index (κ2) is 15.6. The first-order chi connectivity index (χ1) is 23.2. The Balaban J connectivity index is 0.00000468. The Labute approximate surface area is 291 Å². The van der Waals surface area contributed by atoms with Crippen molar-refractivity contribution in [2.75, 3.05) is 20.3 Å². The van der Waals surface area contributed by atoms with Crippen molar-refractivity contribution in [2.45, 2.75) is 26.8 Å². The van der Waals surface area contributed by atoms with E-state index in [0.29, 0.717) is 41.4 Å². The molecule has 6 rings (SSSR count). The average Bonchev–Trinajstić information content (AvgIpc) is 3.53. The minimum absolute atomic E-state index is 0. The van der Waals surface area contributed by atoms with Crippen molar-refractivity contribution in [3.63, 3.8) is 0 Å². The number of fused-ring (bicyclic) bond motifs is 1. The molecule has 1 N–H and O–H groups in total. The lowest BCUT2D eigenvalue weighted by atomic mass is 10.0. The van der Waals surface area contributed by atoms with Gasteiger partial charge in [0.15, 0.2) is 17.3 Å². The number of nitrogens with zero attached hydrogens (tertiary/aromatic N) is 3. The molecular weight excluding hydrogens is 670 g/mol. The molecule has 0 aliphatic carbocycles. The van der Waals surface area contributed by atoms with E-state index in [1.807, 2.05) is 24.4 Å². The summed E-state index contributed by atoms with van der Waals surface area (Å²) in [6.45, 7) is 5.62. The van der Waals surface area contributed by atoms with Gasteiger partial charge in [0.25, 0.3) is 5.56 Å². The molecule has 49 heavy (non-hydrogen) atoms. The minimum atomic E-state index is -0.651. The van der Waals surface area contributed by atoms with Gasteiger partial charge >= 0.3 is 0 Å². The molecule has 0 aliphatic heterocycles. The Hall–Kier alpha value is -4.81. The van der Waals surface area contributed by atoms with Crippen molar-refractivity contribution < 1.29 is 23.0 Å². The van der Waals surface area contributed by atoms with Crippen LogP contribution < -0.4 is 15.6 Å². The van der Waals surface area contributed by atoms with Crippen molar-refractivity contribution in [1.29, 1.82) is 0 Å². The van der Waals surface area contributed by atoms with Gasteiger partial charge < -0.3 is 14.8 Å². The maximum Gasteiger partial charge on any atom is 0.266 e. The van der Waals surface area contributed by atoms with Crippen LogP contribution >= 0.6 is 23.7 Å². The molecule has 0 saturated carbocycles. The predicted octanol–water partition coefficient (Wildman–Crippen LogP) is 7.78. The highest BCUT2D eigenvalue weighted by Gasteiger charge is 2.19. The van der Waals surface area contributed by atoms with E-state index in [9.17, 15) is 14.0 Å². The van der Waals surface area contributed by atoms with Crippen LogP contribution in [0.1, 0.15) is 32.7 Å². The van der Waals surface area contributed by atoms with E-state index in [0.717, 1.165) is 32.9 Å². The summed E-state index contributed by atoms with van der Waals surface area (Å²) in [5.74, 6) is -1.12. The number of halogens is 3. The molecule has 6 aromatic rings. The first-order valence-electron chi connectivity index (χ1n) is 15.2. The number of carbonyl (C=O) groups excluding carboxylic acids is 1. The molecule has 0 amide bonds. The minimum Gasteiger partial charge on any atom is -0.453 e. The molecule has 0 spiro atoms. The first-order valence-corrected chi connectivity index (χ1v) is 16.1. The molecule has 8 nitrogen and oxygen atoms in total. The number of aromatic nitrogens is 3. The van der Waals surface area contributed by atoms with Crippen LogP contribution in [0.4, 0.5) is 8.78 Å². The standard InChI is InChI=1S/C37H32F2N4O4S.ClH/c1-22-16-28(37(45)43(23(22)2)27-8-6-26(38)7-9-27)32(44)18-24-5-11-33(29(39)17-24)47-34-12-13-41-31-19-35(48-36(31)34)30-10-4-25(21-42-30)20-40-14-15-46-3;/h4-13,16-17,19,21,40H,14-15,18,20H2,1-3H3;1H. The lowest BCUT2D eigenvalue weighted by molar-refractivity contribution is 0.0991. The van der Waals surface area contributed by atoms with E-state index in [2.05, 4.69) is 15.3 Å². The van der Waals surface area contributed by atoms with Gasteiger partial charge in [-0.15, -0.1) is 23.7 Å². The Bertz CT molecular complexity index is 2170. The molecule has 0 atom stereocenters. The van der Waals surface area contributed by atoms with Crippen molar-refractivity contribution >= 4 is 39.7 Å². The third-order valence-electron chi connectivity index (χ3n) is 7.93. The topological polar surface area (TPSA) is 95.3 Å². The van der Waals surface area contributed by atoms with Crippen LogP contribution in [0, 0.1) is 25.5 Å². The SMILES string of the molecule is COCCNCc1ccc(-c2cc3nccc(Oc4ccc(CC(=O)c5cc(C)c(C)n(-c6ccc(F)cc6)c5=O)cc4F)c3s2)nc1.Cl. The number of benzene rings is 2. The Morgan fingerprint density at radius 2 is 1.71 bits per heavy atom. The van der Waals surface area contributed by atoms with E-state index in [4.69, 9.17) is 9.47 Å². The fourth-order valence-corrected chi connectivity index (χ4v) is 6.31. The lowest BCUT2D eigenvalue weighted by Gasteiger charge is -2.15. The molecule has 252 valence electrons. The summed E-state index contributed by atoms with van der Waals surface area (Å²) >= 11 is 1.45. The first kappa shape index (κ1) is 35.5. The normalized spacial score (nSPS) is 11.0. The number of Topliss-reactive ketones (excluding diaryl/α,β-unsaturated/α-hetero) is 1. The average molecular weight is 703 g/mol. The summed E-state index contributed by atoms with van der Waals surface area (Å²) < 4.78 is 42.1. The highest BCUT2D eigenvalue weighted by atomic mass is 35.5. The van der Waals surface area contributed by atoms with Gasteiger partial charge in [0.05, 0.1) is 33.0 Å². The number of ether oxygens (including phenoxy) is 2. The van der Waals surface area contributed by atoms with Crippen LogP contribution in [0.15, 0.2) is 90.0 Å². The van der Waals surface area contributed by atoms with E-state index in [1.54, 1.807) is 45.4 Å². The molecule has 0 unspecified atom stereocenters. The zero-order valence-electron chi connectivity index (χ0n) is 27.0. The lowest BCUT2D eigenvalue weighted by Crippen LogP contribution is -2.28. The van der Waals surface area contributed by atoms with Gasteiger partial charge in [0.2, 0.25) is 0 Å². The maximum absolute atomic E-state index is 15.4. The molecule has 4 heterocycles. The number of methoxy groups -OCH3 is 1. The fourth-order valence-electron chi connectivity index (χ4n) is 5.27. The third-order valence-corrected chi connectivity index (χ3v) is 9.09. The fraction of sp³-hybridized carbons (Fsp3) is 0.189. The van der Waals surface area contributed by atoms with Crippen LogP contribution in [-0.2, 0) is 17.7 Å². The summed E-state index contributed by atoms with van der Waals surface area (Å²) in [5, 5.41) is 3.29. The van der Waals surface area contributed by atoms with Crippen LogP contribution in [0.25, 0.3) is 26.5 Å². The third kappa shape index (κ3) is 7.92. The molecule has 4 aromatic heterocycles. The van der Waals surface area contributed by atoms with Gasteiger partial charge in [-0.3, -0.25) is 24.1 Å². The number of ketones is 1. The van der Waals surface area contributed by atoms with E-state index in [-0.39, 0.29) is 30.1 Å². The summed E-state index contributed by atoms with van der Waals surface area (Å²) in [6.07, 6.45) is 3.23. The van der Waals surface area contributed by atoms with E-state index < -0.39 is 23.0 Å². The van der Waals surface area contributed by atoms with E-state index in [1.165, 1.54) is 52.3 Å². The smallest absolute Gasteiger partial charge is 0.266 e. The molecule has 2 aromatic carbocycles. The zero-order chi connectivity index (χ0) is 33.8. The van der Waals surface area contributed by atoms with Gasteiger partial charge in [-0.2, -0.15) is 0 Å². The van der Waals surface area contributed by atoms with E-state index >= 15 is 4.39 Å². The number of pyridine rings is 3. The molecule has 12 heteroatoms. The molecule has 0 aliphatic rings. The van der Waals surface area contributed by atoms with Crippen LogP contribution in [0.2, 0.25) is 0 Å².